The summed E-state index contributed by atoms with van der Waals surface area (Å²) in [5, 5.41) is 3.35. The van der Waals surface area contributed by atoms with Gasteiger partial charge in [0.25, 0.3) is 5.91 Å². The fraction of sp³-hybridized carbons (Fsp3) is 0.357. The summed E-state index contributed by atoms with van der Waals surface area (Å²) in [7, 11) is 0. The molecule has 1 amide bonds. The highest BCUT2D eigenvalue weighted by Gasteiger charge is 2.18. The lowest BCUT2D eigenvalue weighted by molar-refractivity contribution is 0.0861. The Morgan fingerprint density at radius 3 is 3.16 bits per heavy atom. The number of ether oxygens (including phenoxy) is 1. The molecule has 2 heterocycles. The lowest BCUT2D eigenvalue weighted by Crippen LogP contribution is -2.31. The zero-order chi connectivity index (χ0) is 13.2. The number of hydrogen-bond donors (Lipinski definition) is 1. The van der Waals surface area contributed by atoms with Crippen LogP contribution in [-0.4, -0.2) is 25.2 Å². The molecule has 1 aliphatic heterocycles. The number of benzene rings is 1. The fourth-order valence-electron chi connectivity index (χ4n) is 2.24. The second-order valence-corrected chi connectivity index (χ2v) is 5.69. The molecule has 19 heavy (non-hydrogen) atoms. The number of rotatable bonds is 3. The predicted molar refractivity (Wildman–Crippen MR) is 73.1 cm³/mol. The number of carbonyl (C=O) groups is 1. The maximum Gasteiger partial charge on any atom is 0.261 e. The van der Waals surface area contributed by atoms with Gasteiger partial charge in [0.15, 0.2) is 0 Å². The molecule has 1 N–H and O–H groups in total. The molecule has 1 fully saturated rings. The SMILES string of the molecule is O=C(NCC1CCCO1)c1cc2c(F)cccc2s1. The molecule has 5 heteroatoms. The summed E-state index contributed by atoms with van der Waals surface area (Å²) in [6, 6.07) is 6.49. The van der Waals surface area contributed by atoms with Gasteiger partial charge in [-0.25, -0.2) is 4.39 Å². The molecular formula is C14H14FNO2S. The minimum absolute atomic E-state index is 0.120. The first kappa shape index (κ1) is 12.6. The summed E-state index contributed by atoms with van der Waals surface area (Å²) in [5.74, 6) is -0.442. The topological polar surface area (TPSA) is 38.3 Å². The van der Waals surface area contributed by atoms with Crippen LogP contribution < -0.4 is 5.32 Å². The molecule has 0 radical (unpaired) electrons. The van der Waals surface area contributed by atoms with Crippen molar-refractivity contribution in [2.24, 2.45) is 0 Å². The molecule has 0 aliphatic carbocycles. The van der Waals surface area contributed by atoms with E-state index in [1.165, 1.54) is 17.4 Å². The first-order valence-corrected chi connectivity index (χ1v) is 7.13. The van der Waals surface area contributed by atoms with Crippen LogP contribution in [0.15, 0.2) is 24.3 Å². The molecule has 1 aromatic carbocycles. The Balaban J connectivity index is 1.72. The van der Waals surface area contributed by atoms with Crippen LogP contribution in [0.3, 0.4) is 0 Å². The lowest BCUT2D eigenvalue weighted by Gasteiger charge is -2.09. The Kier molecular flexibility index (Phi) is 3.48. The first-order valence-electron chi connectivity index (χ1n) is 6.32. The van der Waals surface area contributed by atoms with Crippen molar-refractivity contribution >= 4 is 27.3 Å². The second kappa shape index (κ2) is 5.27. The molecule has 2 aromatic rings. The van der Waals surface area contributed by atoms with Crippen molar-refractivity contribution in [2.45, 2.75) is 18.9 Å². The van der Waals surface area contributed by atoms with Crippen LogP contribution in [0.5, 0.6) is 0 Å². The minimum Gasteiger partial charge on any atom is -0.376 e. The quantitative estimate of drug-likeness (QED) is 0.938. The normalized spacial score (nSPS) is 18.9. The molecule has 1 saturated heterocycles. The number of carbonyl (C=O) groups excluding carboxylic acids is 1. The largest absolute Gasteiger partial charge is 0.376 e. The molecule has 3 rings (SSSR count). The van der Waals surface area contributed by atoms with Crippen LogP contribution >= 0.6 is 11.3 Å². The fourth-order valence-corrected chi connectivity index (χ4v) is 3.23. The number of amides is 1. The second-order valence-electron chi connectivity index (χ2n) is 4.61. The maximum absolute atomic E-state index is 13.5. The van der Waals surface area contributed by atoms with Gasteiger partial charge < -0.3 is 10.1 Å². The van der Waals surface area contributed by atoms with Crippen molar-refractivity contribution in [3.05, 3.63) is 35.0 Å². The van der Waals surface area contributed by atoms with Crippen LogP contribution in [0.2, 0.25) is 0 Å². The number of halogens is 1. The van der Waals surface area contributed by atoms with E-state index in [4.69, 9.17) is 4.74 Å². The van der Waals surface area contributed by atoms with Gasteiger partial charge in [-0.1, -0.05) is 6.07 Å². The van der Waals surface area contributed by atoms with E-state index in [2.05, 4.69) is 5.32 Å². The average molecular weight is 279 g/mol. The molecule has 1 atom stereocenters. The highest BCUT2D eigenvalue weighted by atomic mass is 32.1. The van der Waals surface area contributed by atoms with Crippen molar-refractivity contribution in [2.75, 3.05) is 13.2 Å². The van der Waals surface area contributed by atoms with Crippen LogP contribution in [-0.2, 0) is 4.74 Å². The highest BCUT2D eigenvalue weighted by Crippen LogP contribution is 2.27. The van der Waals surface area contributed by atoms with Gasteiger partial charge in [0.05, 0.1) is 11.0 Å². The summed E-state index contributed by atoms with van der Waals surface area (Å²) in [6.45, 7) is 1.30. The molecule has 0 bridgehead atoms. The first-order chi connectivity index (χ1) is 9.24. The summed E-state index contributed by atoms with van der Waals surface area (Å²) in [4.78, 5) is 12.5. The molecule has 0 saturated carbocycles. The van der Waals surface area contributed by atoms with Crippen LogP contribution in [0.25, 0.3) is 10.1 Å². The molecule has 3 nitrogen and oxygen atoms in total. The number of fused-ring (bicyclic) bond motifs is 1. The van der Waals surface area contributed by atoms with Crippen molar-refractivity contribution in [3.63, 3.8) is 0 Å². The standard InChI is InChI=1S/C14H14FNO2S/c15-11-4-1-5-12-10(11)7-13(19-12)14(17)16-8-9-3-2-6-18-9/h1,4-5,7,9H,2-3,6,8H2,(H,16,17). The summed E-state index contributed by atoms with van der Waals surface area (Å²) in [5.41, 5.74) is 0. The molecular weight excluding hydrogens is 265 g/mol. The Morgan fingerprint density at radius 2 is 2.42 bits per heavy atom. The van der Waals surface area contributed by atoms with Gasteiger partial charge in [0, 0.05) is 23.2 Å². The van der Waals surface area contributed by atoms with E-state index in [1.807, 2.05) is 6.07 Å². The highest BCUT2D eigenvalue weighted by molar-refractivity contribution is 7.20. The van der Waals surface area contributed by atoms with Crippen LogP contribution in [0.4, 0.5) is 4.39 Å². The summed E-state index contributed by atoms with van der Waals surface area (Å²) in [6.07, 6.45) is 2.16. The van der Waals surface area contributed by atoms with Crippen molar-refractivity contribution in [3.8, 4) is 0 Å². The monoisotopic (exact) mass is 279 g/mol. The molecule has 1 aromatic heterocycles. The maximum atomic E-state index is 13.5. The van der Waals surface area contributed by atoms with E-state index in [-0.39, 0.29) is 17.8 Å². The van der Waals surface area contributed by atoms with E-state index in [1.54, 1.807) is 12.1 Å². The zero-order valence-electron chi connectivity index (χ0n) is 10.3. The van der Waals surface area contributed by atoms with Crippen LogP contribution in [0.1, 0.15) is 22.5 Å². The van der Waals surface area contributed by atoms with Gasteiger partial charge in [0.2, 0.25) is 0 Å². The van der Waals surface area contributed by atoms with E-state index in [9.17, 15) is 9.18 Å². The van der Waals surface area contributed by atoms with E-state index in [0.29, 0.717) is 16.8 Å². The molecule has 1 aliphatic rings. The molecule has 1 unspecified atom stereocenters. The summed E-state index contributed by atoms with van der Waals surface area (Å²) < 4.78 is 19.8. The Bertz CT molecular complexity index is 605. The van der Waals surface area contributed by atoms with E-state index < -0.39 is 0 Å². The van der Waals surface area contributed by atoms with Gasteiger partial charge in [-0.2, -0.15) is 0 Å². The van der Waals surface area contributed by atoms with Crippen molar-refractivity contribution in [1.29, 1.82) is 0 Å². The Labute approximate surface area is 114 Å². The third-order valence-corrected chi connectivity index (χ3v) is 4.35. The van der Waals surface area contributed by atoms with E-state index >= 15 is 0 Å². The summed E-state index contributed by atoms with van der Waals surface area (Å²) >= 11 is 1.31. The predicted octanol–water partition coefficient (Wildman–Crippen LogP) is 2.95. The van der Waals surface area contributed by atoms with Gasteiger partial charge in [0.1, 0.15) is 5.82 Å². The third-order valence-electron chi connectivity index (χ3n) is 3.25. The minimum atomic E-state index is -0.285. The van der Waals surface area contributed by atoms with Gasteiger partial charge in [-0.3, -0.25) is 4.79 Å². The number of thiophene rings is 1. The number of nitrogens with one attached hydrogen (secondary N) is 1. The lowest BCUT2D eigenvalue weighted by atomic mass is 10.2. The Hall–Kier alpha value is -1.46. The van der Waals surface area contributed by atoms with Crippen molar-refractivity contribution in [1.82, 2.24) is 5.32 Å². The Morgan fingerprint density at radius 1 is 1.53 bits per heavy atom. The van der Waals surface area contributed by atoms with Gasteiger partial charge in [-0.05, 0) is 31.0 Å². The number of hydrogen-bond acceptors (Lipinski definition) is 3. The third kappa shape index (κ3) is 2.62. The smallest absolute Gasteiger partial charge is 0.261 e. The van der Waals surface area contributed by atoms with Gasteiger partial charge in [-0.15, -0.1) is 11.3 Å². The van der Waals surface area contributed by atoms with Crippen LogP contribution in [0, 0.1) is 5.82 Å². The van der Waals surface area contributed by atoms with Gasteiger partial charge >= 0.3 is 0 Å². The van der Waals surface area contributed by atoms with E-state index in [0.717, 1.165) is 24.1 Å². The molecule has 100 valence electrons. The van der Waals surface area contributed by atoms with Crippen molar-refractivity contribution < 1.29 is 13.9 Å². The zero-order valence-corrected chi connectivity index (χ0v) is 11.1. The average Bonchev–Trinajstić information content (AvgIpc) is 3.05. The molecule has 0 spiro atoms.